The second-order valence-corrected chi connectivity index (χ2v) is 8.65. The number of aryl methyl sites for hydroxylation is 1. The molecule has 0 unspecified atom stereocenters. The second kappa shape index (κ2) is 9.91. The number of halogens is 1. The van der Waals surface area contributed by atoms with Gasteiger partial charge in [-0.2, -0.15) is 0 Å². The van der Waals surface area contributed by atoms with E-state index in [9.17, 15) is 0 Å². The first kappa shape index (κ1) is 19.9. The van der Waals surface area contributed by atoms with Gasteiger partial charge in [-0.3, -0.25) is 4.90 Å². The first-order valence-corrected chi connectivity index (χ1v) is 11.0. The monoisotopic (exact) mass is 393 g/mol. The van der Waals surface area contributed by atoms with Gasteiger partial charge in [0, 0.05) is 25.2 Å². The minimum Gasteiger partial charge on any atom is -0.361 e. The highest BCUT2D eigenvalue weighted by atomic mass is 35.5. The van der Waals surface area contributed by atoms with E-state index in [2.05, 4.69) is 15.5 Å². The Hall–Kier alpha value is -0.840. The molecule has 1 aromatic rings. The molecule has 0 amide bonds. The van der Waals surface area contributed by atoms with Gasteiger partial charge in [0.25, 0.3) is 0 Å². The first-order chi connectivity index (χ1) is 12.6. The molecule has 1 aromatic carbocycles. The Morgan fingerprint density at radius 2 is 1.69 bits per heavy atom. The summed E-state index contributed by atoms with van der Waals surface area (Å²) in [5.41, 5.74) is 2.02. The van der Waals surface area contributed by atoms with Crippen LogP contribution in [0, 0.1) is 6.92 Å². The van der Waals surface area contributed by atoms with E-state index >= 15 is 0 Å². The van der Waals surface area contributed by atoms with Gasteiger partial charge >= 0.3 is 0 Å². The molecule has 0 aliphatic heterocycles. The average molecular weight is 394 g/mol. The van der Waals surface area contributed by atoms with E-state index in [-0.39, 0.29) is 0 Å². The zero-order chi connectivity index (χ0) is 18.4. The average Bonchev–Trinajstić information content (AvgIpc) is 3.16. The third kappa shape index (κ3) is 5.58. The molecular weight excluding hydrogens is 362 g/mol. The SMILES string of the molecule is Cc1ccc(NC(=S)NCCN(C2CCCCC2)C2CCCC2)c(Cl)c1. The molecule has 26 heavy (non-hydrogen) atoms. The molecule has 2 fully saturated rings. The molecule has 3 nitrogen and oxygen atoms in total. The Kier molecular flexibility index (Phi) is 7.59. The van der Waals surface area contributed by atoms with E-state index in [4.69, 9.17) is 23.8 Å². The third-order valence-corrected chi connectivity index (χ3v) is 6.42. The van der Waals surface area contributed by atoms with Crippen molar-refractivity contribution >= 4 is 34.6 Å². The van der Waals surface area contributed by atoms with Crippen LogP contribution in [0.5, 0.6) is 0 Å². The molecule has 0 atom stereocenters. The summed E-state index contributed by atoms with van der Waals surface area (Å²) in [7, 11) is 0. The van der Waals surface area contributed by atoms with Crippen LogP contribution in [0.25, 0.3) is 0 Å². The summed E-state index contributed by atoms with van der Waals surface area (Å²) in [6, 6.07) is 7.55. The van der Waals surface area contributed by atoms with Crippen molar-refractivity contribution in [3.05, 3.63) is 28.8 Å². The molecule has 0 heterocycles. The van der Waals surface area contributed by atoms with Crippen molar-refractivity contribution in [2.45, 2.75) is 76.8 Å². The molecule has 144 valence electrons. The Morgan fingerprint density at radius 3 is 2.31 bits per heavy atom. The minimum atomic E-state index is 0.658. The van der Waals surface area contributed by atoms with Crippen LogP contribution in [0.2, 0.25) is 5.02 Å². The van der Waals surface area contributed by atoms with Crippen LogP contribution in [0.15, 0.2) is 18.2 Å². The zero-order valence-corrected chi connectivity index (χ0v) is 17.5. The van der Waals surface area contributed by atoms with Crippen LogP contribution in [0.4, 0.5) is 5.69 Å². The summed E-state index contributed by atoms with van der Waals surface area (Å²) in [6.07, 6.45) is 12.5. The van der Waals surface area contributed by atoms with E-state index < -0.39 is 0 Å². The molecular formula is C21H32ClN3S. The van der Waals surface area contributed by atoms with Gasteiger partial charge in [-0.05, 0) is 62.5 Å². The Bertz CT molecular complexity index is 595. The van der Waals surface area contributed by atoms with Crippen LogP contribution in [-0.2, 0) is 0 Å². The van der Waals surface area contributed by atoms with Crippen molar-refractivity contribution < 1.29 is 0 Å². The van der Waals surface area contributed by atoms with Gasteiger partial charge in [0.1, 0.15) is 0 Å². The topological polar surface area (TPSA) is 27.3 Å². The molecule has 2 aliphatic carbocycles. The zero-order valence-electron chi connectivity index (χ0n) is 15.9. The second-order valence-electron chi connectivity index (χ2n) is 7.83. The maximum Gasteiger partial charge on any atom is 0.170 e. The molecule has 2 saturated carbocycles. The van der Waals surface area contributed by atoms with Gasteiger partial charge in [-0.25, -0.2) is 0 Å². The highest BCUT2D eigenvalue weighted by Crippen LogP contribution is 2.30. The lowest BCUT2D eigenvalue weighted by atomic mass is 9.93. The number of hydrogen-bond donors (Lipinski definition) is 2. The number of rotatable bonds is 6. The predicted octanol–water partition coefficient (Wildman–Crippen LogP) is 5.51. The van der Waals surface area contributed by atoms with Gasteiger partial charge in [0.15, 0.2) is 5.11 Å². The number of anilines is 1. The van der Waals surface area contributed by atoms with E-state index in [0.29, 0.717) is 10.1 Å². The lowest BCUT2D eigenvalue weighted by molar-refractivity contribution is 0.108. The minimum absolute atomic E-state index is 0.658. The van der Waals surface area contributed by atoms with E-state index in [1.54, 1.807) is 0 Å². The van der Waals surface area contributed by atoms with Gasteiger partial charge in [-0.15, -0.1) is 0 Å². The van der Waals surface area contributed by atoms with Crippen molar-refractivity contribution in [1.82, 2.24) is 10.2 Å². The Morgan fingerprint density at radius 1 is 1.08 bits per heavy atom. The van der Waals surface area contributed by atoms with E-state index in [0.717, 1.165) is 36.4 Å². The highest BCUT2D eigenvalue weighted by Gasteiger charge is 2.29. The summed E-state index contributed by atoms with van der Waals surface area (Å²) in [6.45, 7) is 4.01. The molecule has 0 saturated heterocycles. The van der Waals surface area contributed by atoms with Gasteiger partial charge < -0.3 is 10.6 Å². The molecule has 2 N–H and O–H groups in total. The van der Waals surface area contributed by atoms with E-state index in [1.807, 2.05) is 25.1 Å². The third-order valence-electron chi connectivity index (χ3n) is 5.87. The van der Waals surface area contributed by atoms with Crippen LogP contribution >= 0.6 is 23.8 Å². The highest BCUT2D eigenvalue weighted by molar-refractivity contribution is 7.80. The van der Waals surface area contributed by atoms with Crippen molar-refractivity contribution in [2.75, 3.05) is 18.4 Å². The lowest BCUT2D eigenvalue weighted by Gasteiger charge is -2.38. The van der Waals surface area contributed by atoms with Gasteiger partial charge in [0.2, 0.25) is 0 Å². The molecule has 2 aliphatic rings. The van der Waals surface area contributed by atoms with Crippen molar-refractivity contribution in [2.24, 2.45) is 0 Å². The summed E-state index contributed by atoms with van der Waals surface area (Å²) in [5, 5.41) is 7.99. The summed E-state index contributed by atoms with van der Waals surface area (Å²) in [5.74, 6) is 0. The molecule has 0 spiro atoms. The molecule has 0 aromatic heterocycles. The maximum absolute atomic E-state index is 6.29. The molecule has 3 rings (SSSR count). The fourth-order valence-corrected chi connectivity index (χ4v) is 4.99. The number of benzene rings is 1. The standard InChI is InChI=1S/C21H32ClN3S/c1-16-11-12-20(19(22)15-16)24-21(26)23-13-14-25(18-9-5-6-10-18)17-7-3-2-4-8-17/h11-12,15,17-18H,2-10,13-14H2,1H3,(H2,23,24,26). The number of hydrogen-bond acceptors (Lipinski definition) is 2. The smallest absolute Gasteiger partial charge is 0.170 e. The first-order valence-electron chi connectivity index (χ1n) is 10.2. The van der Waals surface area contributed by atoms with Crippen LogP contribution in [-0.4, -0.2) is 35.2 Å². The maximum atomic E-state index is 6.29. The number of nitrogens with zero attached hydrogens (tertiary/aromatic N) is 1. The van der Waals surface area contributed by atoms with Crippen molar-refractivity contribution in [1.29, 1.82) is 0 Å². The van der Waals surface area contributed by atoms with Crippen LogP contribution in [0.3, 0.4) is 0 Å². The fraction of sp³-hybridized carbons (Fsp3) is 0.667. The largest absolute Gasteiger partial charge is 0.361 e. The Balaban J connectivity index is 1.49. The summed E-state index contributed by atoms with van der Waals surface area (Å²) in [4.78, 5) is 2.79. The number of thiocarbonyl (C=S) groups is 1. The fourth-order valence-electron chi connectivity index (χ4n) is 4.50. The van der Waals surface area contributed by atoms with E-state index in [1.165, 1.54) is 57.8 Å². The van der Waals surface area contributed by atoms with Crippen molar-refractivity contribution in [3.63, 3.8) is 0 Å². The molecule has 0 radical (unpaired) electrons. The van der Waals surface area contributed by atoms with Gasteiger partial charge in [0.05, 0.1) is 10.7 Å². The van der Waals surface area contributed by atoms with Crippen molar-refractivity contribution in [3.8, 4) is 0 Å². The Labute approximate surface area is 168 Å². The summed E-state index contributed by atoms with van der Waals surface area (Å²) < 4.78 is 0. The molecule has 5 heteroatoms. The normalized spacial score (nSPS) is 19.0. The summed E-state index contributed by atoms with van der Waals surface area (Å²) >= 11 is 11.8. The lowest BCUT2D eigenvalue weighted by Crippen LogP contribution is -2.47. The van der Waals surface area contributed by atoms with Crippen LogP contribution in [0.1, 0.15) is 63.4 Å². The number of nitrogens with one attached hydrogen (secondary N) is 2. The predicted molar refractivity (Wildman–Crippen MR) is 116 cm³/mol. The van der Waals surface area contributed by atoms with Gasteiger partial charge in [-0.1, -0.05) is 49.8 Å². The molecule has 0 bridgehead atoms. The van der Waals surface area contributed by atoms with Crippen LogP contribution < -0.4 is 10.6 Å². The quantitative estimate of drug-likeness (QED) is 0.623.